The van der Waals surface area contributed by atoms with Gasteiger partial charge in [-0.3, -0.25) is 19.5 Å². The monoisotopic (exact) mass is 439 g/mol. The minimum atomic E-state index is -3.37. The number of rotatable bonds is 2. The summed E-state index contributed by atoms with van der Waals surface area (Å²) in [6, 6.07) is 7.48. The first-order valence-corrected chi connectivity index (χ1v) is 11.9. The lowest BCUT2D eigenvalue weighted by atomic mass is 9.73. The molecule has 0 radical (unpaired) electrons. The van der Waals surface area contributed by atoms with Gasteiger partial charge in [-0.2, -0.15) is 0 Å². The lowest BCUT2D eigenvalue weighted by Gasteiger charge is -2.36. The van der Waals surface area contributed by atoms with Gasteiger partial charge in [-0.15, -0.1) is 0 Å². The molecule has 0 fully saturated rings. The molecule has 2 heterocycles. The second-order valence-electron chi connectivity index (χ2n) is 8.98. The Kier molecular flexibility index (Phi) is 5.00. The number of sulfone groups is 1. The van der Waals surface area contributed by atoms with Crippen LogP contribution < -0.4 is 10.2 Å². The van der Waals surface area contributed by atoms with E-state index < -0.39 is 15.9 Å². The van der Waals surface area contributed by atoms with Gasteiger partial charge in [0.1, 0.15) is 0 Å². The Morgan fingerprint density at radius 3 is 2.45 bits per heavy atom. The fraction of sp³-hybridized carbons (Fsp3) is 0.348. The minimum absolute atomic E-state index is 0.0250. The van der Waals surface area contributed by atoms with E-state index in [1.165, 1.54) is 19.1 Å². The third-order valence-corrected chi connectivity index (χ3v) is 6.89. The predicted molar refractivity (Wildman–Crippen MR) is 118 cm³/mol. The van der Waals surface area contributed by atoms with E-state index in [1.54, 1.807) is 35.5 Å². The molecule has 0 bridgehead atoms. The number of anilines is 2. The summed E-state index contributed by atoms with van der Waals surface area (Å²) in [7, 11) is -3.37. The van der Waals surface area contributed by atoms with Crippen LogP contribution in [0.15, 0.2) is 58.9 Å². The van der Waals surface area contributed by atoms with Crippen LogP contribution in [0, 0.1) is 5.41 Å². The van der Waals surface area contributed by atoms with Crippen molar-refractivity contribution in [1.29, 1.82) is 0 Å². The standard InChI is InChI=1S/C23H25N3O4S/c1-14(27)26-19-9-10-24-13-18(19)25-17-11-23(2,3)12-20(28)21(17)22(26)15-5-7-16(8-6-15)31(4,29)30/h5-10,13,22,25H,11-12H2,1-4H3. The molecule has 1 N–H and O–H groups in total. The van der Waals surface area contributed by atoms with Gasteiger partial charge in [0, 0.05) is 37.1 Å². The van der Waals surface area contributed by atoms with Gasteiger partial charge in [0.2, 0.25) is 5.91 Å². The van der Waals surface area contributed by atoms with Gasteiger partial charge in [0.15, 0.2) is 15.6 Å². The number of allylic oxidation sites excluding steroid dienone is 1. The number of ketones is 1. The largest absolute Gasteiger partial charge is 0.356 e. The van der Waals surface area contributed by atoms with Gasteiger partial charge in [-0.05, 0) is 35.6 Å². The Hall–Kier alpha value is -3.00. The zero-order valence-electron chi connectivity index (χ0n) is 18.0. The van der Waals surface area contributed by atoms with Crippen LogP contribution in [0.5, 0.6) is 0 Å². The molecule has 4 rings (SSSR count). The molecule has 2 aromatic rings. The Bertz CT molecular complexity index is 1210. The van der Waals surface area contributed by atoms with Crippen molar-refractivity contribution in [2.45, 2.75) is 44.6 Å². The fourth-order valence-electron chi connectivity index (χ4n) is 4.45. The summed E-state index contributed by atoms with van der Waals surface area (Å²) in [5.74, 6) is -0.249. The molecule has 0 saturated heterocycles. The molecule has 31 heavy (non-hydrogen) atoms. The van der Waals surface area contributed by atoms with Crippen LogP contribution in [0.3, 0.4) is 0 Å². The minimum Gasteiger partial charge on any atom is -0.356 e. The molecule has 0 spiro atoms. The number of pyridine rings is 1. The summed E-state index contributed by atoms with van der Waals surface area (Å²) in [6.45, 7) is 5.55. The SMILES string of the molecule is CC(=O)N1c2ccncc2NC2=C(C(=O)CC(C)(C)C2)C1c1ccc(S(C)(=O)=O)cc1. The Balaban J connectivity index is 1.98. The van der Waals surface area contributed by atoms with Crippen molar-refractivity contribution in [1.82, 2.24) is 4.98 Å². The number of aromatic nitrogens is 1. The maximum Gasteiger partial charge on any atom is 0.224 e. The zero-order chi connectivity index (χ0) is 22.6. The van der Waals surface area contributed by atoms with E-state index in [0.29, 0.717) is 35.4 Å². The van der Waals surface area contributed by atoms with Gasteiger partial charge in [0.05, 0.1) is 28.5 Å². The van der Waals surface area contributed by atoms with E-state index in [4.69, 9.17) is 0 Å². The number of fused-ring (bicyclic) bond motifs is 1. The van der Waals surface area contributed by atoms with Crippen LogP contribution in [-0.4, -0.2) is 31.3 Å². The summed E-state index contributed by atoms with van der Waals surface area (Å²) in [5, 5.41) is 3.37. The molecule has 0 saturated carbocycles. The topological polar surface area (TPSA) is 96.4 Å². The summed E-state index contributed by atoms with van der Waals surface area (Å²) in [4.78, 5) is 32.2. The molecule has 1 atom stereocenters. The van der Waals surface area contributed by atoms with Crippen LogP contribution in [0.4, 0.5) is 11.4 Å². The molecule has 1 aliphatic heterocycles. The molecule has 1 aromatic heterocycles. The number of carbonyl (C=O) groups excluding carboxylic acids is 2. The third kappa shape index (κ3) is 3.87. The lowest BCUT2D eigenvalue weighted by molar-refractivity contribution is -0.118. The molecule has 2 aliphatic rings. The molecule has 1 aromatic carbocycles. The highest BCUT2D eigenvalue weighted by Gasteiger charge is 2.42. The molecule has 162 valence electrons. The van der Waals surface area contributed by atoms with E-state index in [0.717, 1.165) is 12.0 Å². The first-order chi connectivity index (χ1) is 14.5. The molecule has 1 aliphatic carbocycles. The predicted octanol–water partition coefficient (Wildman–Crippen LogP) is 3.65. The van der Waals surface area contributed by atoms with E-state index in [1.807, 2.05) is 13.8 Å². The molecular weight excluding hydrogens is 414 g/mol. The van der Waals surface area contributed by atoms with Crippen LogP contribution in [0.2, 0.25) is 0 Å². The zero-order valence-corrected chi connectivity index (χ0v) is 18.8. The third-order valence-electron chi connectivity index (χ3n) is 5.76. The Labute approximate surface area is 182 Å². The number of benzene rings is 1. The van der Waals surface area contributed by atoms with Gasteiger partial charge >= 0.3 is 0 Å². The molecule has 1 unspecified atom stereocenters. The highest BCUT2D eigenvalue weighted by Crippen LogP contribution is 2.48. The number of nitrogens with one attached hydrogen (secondary N) is 1. The van der Waals surface area contributed by atoms with E-state index >= 15 is 0 Å². The Morgan fingerprint density at radius 2 is 1.84 bits per heavy atom. The van der Waals surface area contributed by atoms with Crippen molar-refractivity contribution in [3.05, 3.63) is 59.6 Å². The molecule has 8 heteroatoms. The fourth-order valence-corrected chi connectivity index (χ4v) is 5.08. The summed E-state index contributed by atoms with van der Waals surface area (Å²) < 4.78 is 23.8. The van der Waals surface area contributed by atoms with Crippen molar-refractivity contribution in [3.8, 4) is 0 Å². The van der Waals surface area contributed by atoms with Crippen molar-refractivity contribution in [2.75, 3.05) is 16.5 Å². The van der Waals surface area contributed by atoms with Crippen molar-refractivity contribution in [3.63, 3.8) is 0 Å². The van der Waals surface area contributed by atoms with E-state index in [2.05, 4.69) is 10.3 Å². The Morgan fingerprint density at radius 1 is 1.16 bits per heavy atom. The number of Topliss-reactive ketones (excluding diaryl/α,β-unsaturated/α-hetero) is 1. The lowest BCUT2D eigenvalue weighted by Crippen LogP contribution is -2.38. The molecular formula is C23H25N3O4S. The number of carbonyl (C=O) groups is 2. The number of nitrogens with zero attached hydrogens (tertiary/aromatic N) is 2. The van der Waals surface area contributed by atoms with E-state index in [9.17, 15) is 18.0 Å². The summed E-state index contributed by atoms with van der Waals surface area (Å²) in [5.41, 5.74) is 3.05. The van der Waals surface area contributed by atoms with Crippen molar-refractivity contribution >= 4 is 32.9 Å². The summed E-state index contributed by atoms with van der Waals surface area (Å²) in [6.07, 6.45) is 5.42. The average molecular weight is 440 g/mol. The van der Waals surface area contributed by atoms with Crippen molar-refractivity contribution < 1.29 is 18.0 Å². The maximum atomic E-state index is 13.4. The quantitative estimate of drug-likeness (QED) is 0.767. The van der Waals surface area contributed by atoms with E-state index in [-0.39, 0.29) is 22.0 Å². The highest BCUT2D eigenvalue weighted by atomic mass is 32.2. The maximum absolute atomic E-state index is 13.4. The summed E-state index contributed by atoms with van der Waals surface area (Å²) >= 11 is 0. The highest BCUT2D eigenvalue weighted by molar-refractivity contribution is 7.90. The van der Waals surface area contributed by atoms with Gasteiger partial charge < -0.3 is 5.32 Å². The van der Waals surface area contributed by atoms with Crippen LogP contribution in [0.25, 0.3) is 0 Å². The van der Waals surface area contributed by atoms with Crippen LogP contribution in [0.1, 0.15) is 45.2 Å². The molecule has 7 nitrogen and oxygen atoms in total. The van der Waals surface area contributed by atoms with Crippen LogP contribution >= 0.6 is 0 Å². The first kappa shape index (κ1) is 21.2. The second-order valence-corrected chi connectivity index (χ2v) is 11.0. The first-order valence-electron chi connectivity index (χ1n) is 10.0. The molecule has 1 amide bonds. The second kappa shape index (κ2) is 7.30. The normalized spacial score (nSPS) is 20.5. The number of hydrogen-bond acceptors (Lipinski definition) is 6. The van der Waals surface area contributed by atoms with Crippen LogP contribution in [-0.2, 0) is 19.4 Å². The average Bonchev–Trinajstić information content (AvgIpc) is 2.80. The van der Waals surface area contributed by atoms with Gasteiger partial charge in [0.25, 0.3) is 0 Å². The van der Waals surface area contributed by atoms with Gasteiger partial charge in [-0.1, -0.05) is 26.0 Å². The van der Waals surface area contributed by atoms with Crippen molar-refractivity contribution in [2.24, 2.45) is 5.41 Å². The number of amides is 1. The van der Waals surface area contributed by atoms with Gasteiger partial charge in [-0.25, -0.2) is 8.42 Å². The number of hydrogen-bond donors (Lipinski definition) is 1. The smallest absolute Gasteiger partial charge is 0.224 e.